The number of carbonyl (C=O) groups excluding carboxylic acids is 1. The SMILES string of the molecule is CC/C=C\C/C=C\C/C=C\C/C=C\C/C=C\C/C=C\C/C=C\C/C=C\C/C=C\C/C=C\C/C=C\C/C=C\CCCCC(=O)NC(COP(=O)([O-])OCC[N+](C)(C)C)C(O)/C=C/CCCCCCCCCCCCCCC. The van der Waals surface area contributed by atoms with Crippen molar-refractivity contribution in [2.45, 2.75) is 219 Å². The van der Waals surface area contributed by atoms with Gasteiger partial charge in [-0.05, 0) is 109 Å². The van der Waals surface area contributed by atoms with Crippen molar-refractivity contribution in [1.82, 2.24) is 5.32 Å². The number of nitrogens with zero attached hydrogens (tertiary/aromatic N) is 1. The minimum Gasteiger partial charge on any atom is -0.756 e. The van der Waals surface area contributed by atoms with Crippen LogP contribution in [0.3, 0.4) is 0 Å². The maximum absolute atomic E-state index is 12.9. The summed E-state index contributed by atoms with van der Waals surface area (Å²) in [6.07, 6.45) is 87.6. The lowest BCUT2D eigenvalue weighted by atomic mass is 10.0. The number of hydrogen-bond acceptors (Lipinski definition) is 6. The molecule has 430 valence electrons. The molecule has 0 aliphatic carbocycles. The first-order chi connectivity index (χ1) is 37.0. The number of likely N-dealkylation sites (N-methyl/N-ethyl adjacent to an activating group) is 1. The third-order valence-corrected chi connectivity index (χ3v) is 13.2. The minimum absolute atomic E-state index is 0.0181. The second-order valence-electron chi connectivity index (χ2n) is 20.6. The second-order valence-corrected chi connectivity index (χ2v) is 22.0. The van der Waals surface area contributed by atoms with E-state index in [-0.39, 0.29) is 18.9 Å². The second kappa shape index (κ2) is 55.9. The fourth-order valence-corrected chi connectivity index (χ4v) is 8.33. The van der Waals surface area contributed by atoms with Crippen molar-refractivity contribution in [3.63, 3.8) is 0 Å². The summed E-state index contributed by atoms with van der Waals surface area (Å²) in [5.74, 6) is -0.246. The predicted octanol–water partition coefficient (Wildman–Crippen LogP) is 18.0. The molecule has 76 heavy (non-hydrogen) atoms. The Hall–Kier alpha value is -3.88. The Morgan fingerprint density at radius 2 is 0.803 bits per heavy atom. The van der Waals surface area contributed by atoms with Crippen LogP contribution in [0, 0.1) is 0 Å². The molecule has 0 aromatic heterocycles. The number of allylic oxidation sites excluding steroid dienone is 25. The summed E-state index contributed by atoms with van der Waals surface area (Å²) >= 11 is 0. The number of nitrogens with one attached hydrogen (secondary N) is 1. The number of phosphoric acid groups is 1. The first-order valence-corrected chi connectivity index (χ1v) is 31.3. The van der Waals surface area contributed by atoms with Gasteiger partial charge in [-0.1, -0.05) is 249 Å². The number of amides is 1. The zero-order valence-electron chi connectivity index (χ0n) is 48.9. The fourth-order valence-electron chi connectivity index (χ4n) is 7.60. The van der Waals surface area contributed by atoms with Crippen molar-refractivity contribution in [3.05, 3.63) is 158 Å². The molecule has 1 amide bonds. The van der Waals surface area contributed by atoms with E-state index in [0.717, 1.165) is 109 Å². The molecule has 0 aliphatic rings. The van der Waals surface area contributed by atoms with Gasteiger partial charge in [0, 0.05) is 6.42 Å². The molecule has 0 bridgehead atoms. The fraction of sp³-hybridized carbons (Fsp3) is 0.597. The summed E-state index contributed by atoms with van der Waals surface area (Å²) in [5, 5.41) is 13.8. The van der Waals surface area contributed by atoms with Crippen molar-refractivity contribution >= 4 is 13.7 Å². The summed E-state index contributed by atoms with van der Waals surface area (Å²) < 4.78 is 23.3. The molecule has 9 heteroatoms. The molecule has 0 rings (SSSR count). The van der Waals surface area contributed by atoms with Gasteiger partial charge in [0.1, 0.15) is 13.2 Å². The van der Waals surface area contributed by atoms with E-state index in [2.05, 4.69) is 165 Å². The highest BCUT2D eigenvalue weighted by atomic mass is 31.2. The van der Waals surface area contributed by atoms with Crippen LogP contribution in [0.2, 0.25) is 0 Å². The van der Waals surface area contributed by atoms with Gasteiger partial charge in [-0.3, -0.25) is 9.36 Å². The molecule has 3 unspecified atom stereocenters. The highest BCUT2D eigenvalue weighted by Crippen LogP contribution is 2.38. The van der Waals surface area contributed by atoms with Crippen molar-refractivity contribution in [1.29, 1.82) is 0 Å². The van der Waals surface area contributed by atoms with Gasteiger partial charge in [-0.2, -0.15) is 0 Å². The first kappa shape index (κ1) is 72.1. The molecule has 3 atom stereocenters. The molecule has 0 aliphatic heterocycles. The molecule has 0 saturated carbocycles. The summed E-state index contributed by atoms with van der Waals surface area (Å²) in [7, 11) is 1.21. The van der Waals surface area contributed by atoms with Crippen LogP contribution in [0.4, 0.5) is 0 Å². The number of quaternary nitrogens is 1. The van der Waals surface area contributed by atoms with E-state index in [0.29, 0.717) is 17.4 Å². The van der Waals surface area contributed by atoms with Crippen LogP contribution in [-0.2, 0) is 18.4 Å². The maximum atomic E-state index is 12.9. The van der Waals surface area contributed by atoms with Crippen LogP contribution in [0.15, 0.2) is 158 Å². The molecule has 0 spiro atoms. The Morgan fingerprint density at radius 3 is 1.17 bits per heavy atom. The summed E-state index contributed by atoms with van der Waals surface area (Å²) in [6.45, 7) is 4.48. The van der Waals surface area contributed by atoms with E-state index in [1.165, 1.54) is 70.6 Å². The van der Waals surface area contributed by atoms with Crippen LogP contribution >= 0.6 is 7.82 Å². The lowest BCUT2D eigenvalue weighted by Crippen LogP contribution is -2.45. The average Bonchev–Trinajstić information content (AvgIpc) is 3.38. The average molecular weight is 1070 g/mol. The number of carbonyl (C=O) groups is 1. The van der Waals surface area contributed by atoms with Crippen molar-refractivity contribution < 1.29 is 32.9 Å². The Kier molecular flexibility index (Phi) is 53.0. The van der Waals surface area contributed by atoms with Gasteiger partial charge in [0.05, 0.1) is 39.9 Å². The summed E-state index contributed by atoms with van der Waals surface area (Å²) in [4.78, 5) is 25.5. The number of aliphatic hydroxyl groups is 1. The van der Waals surface area contributed by atoms with Crippen molar-refractivity contribution in [2.75, 3.05) is 40.9 Å². The number of unbranched alkanes of at least 4 members (excludes halogenated alkanes) is 15. The zero-order chi connectivity index (χ0) is 55.6. The largest absolute Gasteiger partial charge is 0.756 e. The zero-order valence-corrected chi connectivity index (χ0v) is 49.8. The molecule has 0 saturated heterocycles. The summed E-state index contributed by atoms with van der Waals surface area (Å²) in [6, 6.07) is -0.921. The van der Waals surface area contributed by atoms with Crippen LogP contribution in [0.5, 0.6) is 0 Å². The molecule has 0 fully saturated rings. The smallest absolute Gasteiger partial charge is 0.268 e. The molecular weight excluding hydrogens is 960 g/mol. The van der Waals surface area contributed by atoms with Crippen LogP contribution in [0.1, 0.15) is 206 Å². The monoisotopic (exact) mass is 1070 g/mol. The van der Waals surface area contributed by atoms with Gasteiger partial charge in [-0.25, -0.2) is 0 Å². The third kappa shape index (κ3) is 57.8. The highest BCUT2D eigenvalue weighted by molar-refractivity contribution is 7.45. The lowest BCUT2D eigenvalue weighted by molar-refractivity contribution is -0.870. The van der Waals surface area contributed by atoms with Gasteiger partial charge in [0.25, 0.3) is 7.82 Å². The first-order valence-electron chi connectivity index (χ1n) is 29.8. The molecule has 2 N–H and O–H groups in total. The molecule has 0 aromatic rings. The van der Waals surface area contributed by atoms with E-state index in [1.807, 2.05) is 27.2 Å². The van der Waals surface area contributed by atoms with E-state index < -0.39 is 26.6 Å². The standard InChI is InChI=1S/C67H111N2O6P/c1-6-8-10-12-14-16-18-20-22-23-24-25-26-27-28-29-30-31-32-33-34-35-36-37-38-39-40-41-42-43-44-45-47-49-51-53-55-57-59-61-67(71)68-65(64-75-76(72,73)74-63-62-69(3,4)5)66(70)60-58-56-54-52-50-48-46-21-19-17-15-13-11-9-7-2/h8,10,14,16,20,22,24-25,27-28,30-31,33-34,36-37,39-40,42-43,45,47,51,53,58,60,65-66,70H,6-7,9,11-13,15,17-19,21,23,26,29,32,35,38,41,44,46,48-50,52,54-57,59,61-64H2,1-5H3,(H-,68,71,72,73)/b10-8-,16-14-,22-20-,25-24-,28-27-,31-30-,34-33-,37-36-,40-39-,43-42-,47-45-,53-51-,60-58+. The molecular formula is C67H111N2O6P. The molecule has 0 heterocycles. The van der Waals surface area contributed by atoms with Gasteiger partial charge in [0.2, 0.25) is 5.91 Å². The quantitative estimate of drug-likeness (QED) is 0.0272. The van der Waals surface area contributed by atoms with Crippen molar-refractivity contribution in [2.24, 2.45) is 0 Å². The number of hydrogen-bond donors (Lipinski definition) is 2. The van der Waals surface area contributed by atoms with E-state index >= 15 is 0 Å². The van der Waals surface area contributed by atoms with Gasteiger partial charge >= 0.3 is 0 Å². The van der Waals surface area contributed by atoms with Crippen LogP contribution in [0.25, 0.3) is 0 Å². The molecule has 8 nitrogen and oxygen atoms in total. The molecule has 0 aromatic carbocycles. The van der Waals surface area contributed by atoms with Gasteiger partial charge in [0.15, 0.2) is 0 Å². The predicted molar refractivity (Wildman–Crippen MR) is 329 cm³/mol. The number of rotatable bonds is 52. The minimum atomic E-state index is -4.62. The normalized spacial score (nSPS) is 15.0. The Balaban J connectivity index is 4.27. The van der Waals surface area contributed by atoms with E-state index in [1.54, 1.807) is 6.08 Å². The Labute approximate surface area is 467 Å². The Bertz CT molecular complexity index is 1790. The number of phosphoric ester groups is 1. The topological polar surface area (TPSA) is 108 Å². The van der Waals surface area contributed by atoms with Crippen molar-refractivity contribution in [3.8, 4) is 0 Å². The van der Waals surface area contributed by atoms with E-state index in [9.17, 15) is 19.4 Å². The molecule has 0 radical (unpaired) electrons. The summed E-state index contributed by atoms with van der Waals surface area (Å²) in [5.41, 5.74) is 0. The number of aliphatic hydroxyl groups excluding tert-OH is 1. The highest BCUT2D eigenvalue weighted by Gasteiger charge is 2.23. The lowest BCUT2D eigenvalue weighted by Gasteiger charge is -2.29. The third-order valence-electron chi connectivity index (χ3n) is 12.2. The maximum Gasteiger partial charge on any atom is 0.268 e. The van der Waals surface area contributed by atoms with Gasteiger partial charge in [-0.15, -0.1) is 0 Å². The Morgan fingerprint density at radius 1 is 0.474 bits per heavy atom. The van der Waals surface area contributed by atoms with Crippen LogP contribution in [-0.4, -0.2) is 68.5 Å². The van der Waals surface area contributed by atoms with Gasteiger partial charge < -0.3 is 28.8 Å². The van der Waals surface area contributed by atoms with Crippen LogP contribution < -0.4 is 10.2 Å². The van der Waals surface area contributed by atoms with E-state index in [4.69, 9.17) is 9.05 Å².